The van der Waals surface area contributed by atoms with Crippen molar-refractivity contribution in [2.75, 3.05) is 26.2 Å². The molecule has 2 saturated carbocycles. The maximum atomic E-state index is 6.13. The van der Waals surface area contributed by atoms with Gasteiger partial charge >= 0.3 is 0 Å². The predicted octanol–water partition coefficient (Wildman–Crippen LogP) is 7.67. The molecular weight excluding hydrogens is 541 g/mol. The summed E-state index contributed by atoms with van der Waals surface area (Å²) in [7, 11) is 0. The molecule has 8 heteroatoms. The van der Waals surface area contributed by atoms with Crippen LogP contribution >= 0.6 is 71.2 Å². The number of rotatable bonds is 3. The fourth-order valence-electron chi connectivity index (χ4n) is 5.76. The Morgan fingerprint density at radius 2 is 1.36 bits per heavy atom. The molecule has 0 spiro atoms. The molecule has 2 nitrogen and oxygen atoms in total. The standard InChI is InChI=1S/C14H17Cl2N.C11H11Cl2N.2ClH/c1-9(2)17-7-11-6-14(11,8-17)10-3-4-12(15)13(16)5-10;12-9-2-1-7(3-10(9)13)11-4-8(11)5-14-6-11;;/h3-5,9,11H,6-8H2,1-2H3;1-3,8,14H,4-6H2;2*1H/t11?,14-;8?,11-;;/m00../s1. The highest BCUT2D eigenvalue weighted by molar-refractivity contribution is 6.42. The number of halogens is 6. The number of likely N-dealkylation sites (tertiary alicyclic amines) is 1. The van der Waals surface area contributed by atoms with Crippen molar-refractivity contribution in [1.29, 1.82) is 0 Å². The number of nitrogens with zero attached hydrogens (tertiary/aromatic N) is 1. The van der Waals surface area contributed by atoms with Crippen molar-refractivity contribution in [3.05, 3.63) is 67.6 Å². The molecule has 0 radical (unpaired) electrons. The molecule has 2 unspecified atom stereocenters. The SMILES string of the molecule is CC(C)N1CC2C[C@@]2(c2ccc(Cl)c(Cl)c2)C1.Cl.Cl.Clc1ccc([C@]23CNCC2C3)cc1Cl. The molecule has 4 atom stereocenters. The van der Waals surface area contributed by atoms with Gasteiger partial charge in [0, 0.05) is 36.5 Å². The summed E-state index contributed by atoms with van der Waals surface area (Å²) in [5.41, 5.74) is 3.48. The van der Waals surface area contributed by atoms with Crippen LogP contribution in [0, 0.1) is 11.8 Å². The first-order valence-electron chi connectivity index (χ1n) is 11.1. The Morgan fingerprint density at radius 1 is 0.818 bits per heavy atom. The van der Waals surface area contributed by atoms with E-state index in [4.69, 9.17) is 46.4 Å². The van der Waals surface area contributed by atoms with Crippen LogP contribution in [0.25, 0.3) is 0 Å². The maximum absolute atomic E-state index is 6.13. The molecule has 33 heavy (non-hydrogen) atoms. The summed E-state index contributed by atoms with van der Waals surface area (Å²) in [6.07, 6.45) is 2.62. The largest absolute Gasteiger partial charge is 0.316 e. The number of fused-ring (bicyclic) bond motifs is 2. The van der Waals surface area contributed by atoms with Gasteiger partial charge in [0.25, 0.3) is 0 Å². The van der Waals surface area contributed by atoms with E-state index in [1.807, 2.05) is 18.2 Å². The number of benzene rings is 2. The lowest BCUT2D eigenvalue weighted by atomic mass is 9.95. The molecule has 0 aromatic heterocycles. The Kier molecular flexibility index (Phi) is 8.58. The van der Waals surface area contributed by atoms with Crippen LogP contribution in [0.5, 0.6) is 0 Å². The second-order valence-corrected chi connectivity index (χ2v) is 11.7. The van der Waals surface area contributed by atoms with Gasteiger partial charge in [0.2, 0.25) is 0 Å². The third-order valence-electron chi connectivity index (χ3n) is 7.95. The Hall–Kier alpha value is 0.1000. The average Bonchev–Trinajstić information content (AvgIpc) is 3.54. The summed E-state index contributed by atoms with van der Waals surface area (Å²) in [6.45, 7) is 9.20. The predicted molar refractivity (Wildman–Crippen MR) is 147 cm³/mol. The number of hydrogen-bond acceptors (Lipinski definition) is 2. The molecule has 2 aromatic carbocycles. The number of hydrogen-bond donors (Lipinski definition) is 1. The Bertz CT molecular complexity index is 1010. The van der Waals surface area contributed by atoms with E-state index in [0.717, 1.165) is 24.9 Å². The number of piperidine rings is 2. The highest BCUT2D eigenvalue weighted by atomic mass is 35.5. The molecule has 2 heterocycles. The van der Waals surface area contributed by atoms with Crippen molar-refractivity contribution in [2.45, 2.75) is 43.6 Å². The molecule has 182 valence electrons. The molecule has 6 rings (SSSR count). The Balaban J connectivity index is 0.000000178. The third kappa shape index (κ3) is 5.02. The lowest BCUT2D eigenvalue weighted by Gasteiger charge is -2.24. The van der Waals surface area contributed by atoms with Crippen molar-refractivity contribution in [3.8, 4) is 0 Å². The first kappa shape index (κ1) is 27.7. The van der Waals surface area contributed by atoms with E-state index in [2.05, 4.69) is 42.3 Å². The zero-order valence-electron chi connectivity index (χ0n) is 18.7. The second kappa shape index (κ2) is 10.2. The maximum Gasteiger partial charge on any atom is 0.0595 e. The molecule has 4 aliphatic rings. The quantitative estimate of drug-likeness (QED) is 0.407. The third-order valence-corrected chi connectivity index (χ3v) is 9.43. The van der Waals surface area contributed by atoms with Gasteiger partial charge in [0.15, 0.2) is 0 Å². The van der Waals surface area contributed by atoms with Crippen molar-refractivity contribution in [1.82, 2.24) is 10.2 Å². The van der Waals surface area contributed by atoms with Crippen LogP contribution in [0.15, 0.2) is 36.4 Å². The van der Waals surface area contributed by atoms with Gasteiger partial charge in [-0.3, -0.25) is 4.90 Å². The monoisotopic (exact) mass is 568 g/mol. The van der Waals surface area contributed by atoms with Crippen molar-refractivity contribution in [2.24, 2.45) is 11.8 Å². The minimum atomic E-state index is 0. The van der Waals surface area contributed by atoms with Crippen LogP contribution in [0.2, 0.25) is 20.1 Å². The van der Waals surface area contributed by atoms with E-state index in [-0.39, 0.29) is 24.8 Å². The highest BCUT2D eigenvalue weighted by Gasteiger charge is 2.61. The van der Waals surface area contributed by atoms with Crippen LogP contribution in [-0.2, 0) is 10.8 Å². The van der Waals surface area contributed by atoms with Gasteiger partial charge < -0.3 is 5.32 Å². The normalized spacial score (nSPS) is 31.0. The molecule has 2 aliphatic heterocycles. The van der Waals surface area contributed by atoms with Crippen molar-refractivity contribution >= 4 is 71.2 Å². The molecule has 1 N–H and O–H groups in total. The smallest absolute Gasteiger partial charge is 0.0595 e. The van der Waals surface area contributed by atoms with E-state index in [1.54, 1.807) is 0 Å². The van der Waals surface area contributed by atoms with Gasteiger partial charge in [-0.1, -0.05) is 58.5 Å². The molecule has 2 aromatic rings. The summed E-state index contributed by atoms with van der Waals surface area (Å²) in [5, 5.41) is 6.09. The zero-order valence-corrected chi connectivity index (χ0v) is 23.4. The van der Waals surface area contributed by atoms with Gasteiger partial charge in [0.1, 0.15) is 0 Å². The van der Waals surface area contributed by atoms with E-state index in [1.165, 1.54) is 37.1 Å². The molecule has 0 amide bonds. The van der Waals surface area contributed by atoms with Gasteiger partial charge in [-0.15, -0.1) is 24.8 Å². The van der Waals surface area contributed by atoms with Crippen LogP contribution in [-0.4, -0.2) is 37.1 Å². The van der Waals surface area contributed by atoms with Gasteiger partial charge in [-0.05, 0) is 80.5 Å². The van der Waals surface area contributed by atoms with Crippen LogP contribution in [0.3, 0.4) is 0 Å². The molecular formula is C25H30Cl6N2. The Morgan fingerprint density at radius 3 is 1.79 bits per heavy atom. The summed E-state index contributed by atoms with van der Waals surface area (Å²) in [4.78, 5) is 2.57. The fraction of sp³-hybridized carbons (Fsp3) is 0.520. The summed E-state index contributed by atoms with van der Waals surface area (Å²) in [6, 6.07) is 12.8. The molecule has 2 aliphatic carbocycles. The van der Waals surface area contributed by atoms with E-state index in [9.17, 15) is 0 Å². The summed E-state index contributed by atoms with van der Waals surface area (Å²) < 4.78 is 0. The summed E-state index contributed by atoms with van der Waals surface area (Å²) in [5.74, 6) is 1.64. The first-order valence-corrected chi connectivity index (χ1v) is 12.6. The molecule has 2 saturated heterocycles. The van der Waals surface area contributed by atoms with Crippen molar-refractivity contribution in [3.63, 3.8) is 0 Å². The first-order chi connectivity index (χ1) is 14.7. The average molecular weight is 571 g/mol. The Labute approximate surface area is 229 Å². The van der Waals surface area contributed by atoms with E-state index in [0.29, 0.717) is 37.0 Å². The van der Waals surface area contributed by atoms with Gasteiger partial charge in [-0.2, -0.15) is 0 Å². The van der Waals surface area contributed by atoms with Gasteiger partial charge in [0.05, 0.1) is 20.1 Å². The number of nitrogens with one attached hydrogen (secondary N) is 1. The fourth-order valence-corrected chi connectivity index (χ4v) is 6.36. The minimum absolute atomic E-state index is 0. The zero-order chi connectivity index (χ0) is 22.0. The highest BCUT2D eigenvalue weighted by Crippen LogP contribution is 2.60. The second-order valence-electron chi connectivity index (χ2n) is 10.0. The summed E-state index contributed by atoms with van der Waals surface area (Å²) >= 11 is 24.0. The molecule has 0 bridgehead atoms. The topological polar surface area (TPSA) is 15.3 Å². The van der Waals surface area contributed by atoms with Crippen LogP contribution in [0.1, 0.15) is 37.8 Å². The lowest BCUT2D eigenvalue weighted by molar-refractivity contribution is 0.243. The molecule has 4 fully saturated rings. The van der Waals surface area contributed by atoms with E-state index < -0.39 is 0 Å². The van der Waals surface area contributed by atoms with Gasteiger partial charge in [-0.25, -0.2) is 0 Å². The van der Waals surface area contributed by atoms with E-state index >= 15 is 0 Å². The van der Waals surface area contributed by atoms with Crippen LogP contribution in [0.4, 0.5) is 0 Å². The lowest BCUT2D eigenvalue weighted by Crippen LogP contribution is -2.32. The van der Waals surface area contributed by atoms with Crippen molar-refractivity contribution < 1.29 is 0 Å². The minimum Gasteiger partial charge on any atom is -0.316 e. The van der Waals surface area contributed by atoms with Crippen LogP contribution < -0.4 is 5.32 Å².